The zero-order valence-electron chi connectivity index (χ0n) is 13.0. The lowest BCUT2D eigenvalue weighted by Crippen LogP contribution is -2.20. The van der Waals surface area contributed by atoms with Crippen LogP contribution in [0, 0.1) is 3.57 Å². The van der Waals surface area contributed by atoms with Crippen LogP contribution in [0.4, 0.5) is 0 Å². The van der Waals surface area contributed by atoms with Gasteiger partial charge in [-0.1, -0.05) is 24.3 Å². The number of aromatic nitrogens is 2. The van der Waals surface area contributed by atoms with Gasteiger partial charge < -0.3 is 4.42 Å². The Morgan fingerprint density at radius 3 is 2.76 bits per heavy atom. The number of furan rings is 1. The summed E-state index contributed by atoms with van der Waals surface area (Å²) >= 11 is 2.24. The maximum absolute atomic E-state index is 12.9. The fourth-order valence-electron chi connectivity index (χ4n) is 2.51. The van der Waals surface area contributed by atoms with Crippen molar-refractivity contribution >= 4 is 39.7 Å². The van der Waals surface area contributed by atoms with Crippen LogP contribution < -0.4 is 5.56 Å². The second kappa shape index (κ2) is 6.64. The molecule has 0 N–H and O–H groups in total. The first-order valence-electron chi connectivity index (χ1n) is 7.58. The molecule has 6 heteroatoms. The number of hydrogen-bond donors (Lipinski definition) is 0. The molecule has 2 heterocycles. The van der Waals surface area contributed by atoms with Gasteiger partial charge in [-0.3, -0.25) is 4.79 Å². The van der Waals surface area contributed by atoms with Crippen LogP contribution in [0.5, 0.6) is 0 Å². The van der Waals surface area contributed by atoms with Gasteiger partial charge in [0.15, 0.2) is 5.76 Å². The standard InChI is InChI=1S/C19H12IN3O2/c20-14-6-3-5-13(11-14)12-21-23-18(17-9-4-10-25-17)22-16-8-2-1-7-15(16)19(23)24/h1-12H/b21-12-. The third-order valence-corrected chi connectivity index (χ3v) is 4.34. The molecule has 0 fully saturated rings. The number of para-hydroxylation sites is 1. The smallest absolute Gasteiger partial charge is 0.282 e. The molecule has 0 saturated carbocycles. The van der Waals surface area contributed by atoms with Gasteiger partial charge in [-0.05, 0) is 64.6 Å². The Morgan fingerprint density at radius 1 is 1.08 bits per heavy atom. The Kier molecular flexibility index (Phi) is 4.19. The van der Waals surface area contributed by atoms with Gasteiger partial charge in [0, 0.05) is 3.57 Å². The second-order valence-corrected chi connectivity index (χ2v) is 6.59. The molecule has 25 heavy (non-hydrogen) atoms. The Hall–Kier alpha value is -2.74. The largest absolute Gasteiger partial charge is 0.461 e. The van der Waals surface area contributed by atoms with E-state index in [4.69, 9.17) is 4.42 Å². The van der Waals surface area contributed by atoms with Gasteiger partial charge in [-0.25, -0.2) is 4.98 Å². The lowest BCUT2D eigenvalue weighted by molar-refractivity contribution is 0.571. The molecule has 0 aliphatic heterocycles. The van der Waals surface area contributed by atoms with Crippen LogP contribution in [0.2, 0.25) is 0 Å². The minimum Gasteiger partial charge on any atom is -0.461 e. The minimum atomic E-state index is -0.237. The summed E-state index contributed by atoms with van der Waals surface area (Å²) in [5.41, 5.74) is 1.27. The third kappa shape index (κ3) is 3.12. The summed E-state index contributed by atoms with van der Waals surface area (Å²) < 4.78 is 7.81. The molecule has 0 saturated heterocycles. The van der Waals surface area contributed by atoms with Crippen molar-refractivity contribution in [1.29, 1.82) is 0 Å². The topological polar surface area (TPSA) is 60.4 Å². The Morgan fingerprint density at radius 2 is 1.96 bits per heavy atom. The zero-order chi connectivity index (χ0) is 17.2. The molecule has 2 aromatic heterocycles. The number of benzene rings is 2. The van der Waals surface area contributed by atoms with Gasteiger partial charge in [0.1, 0.15) is 0 Å². The maximum atomic E-state index is 12.9. The summed E-state index contributed by atoms with van der Waals surface area (Å²) in [7, 11) is 0. The fourth-order valence-corrected chi connectivity index (χ4v) is 3.07. The van der Waals surface area contributed by atoms with E-state index in [2.05, 4.69) is 32.7 Å². The average Bonchev–Trinajstić information content (AvgIpc) is 3.15. The molecule has 0 aliphatic rings. The minimum absolute atomic E-state index is 0.237. The molecule has 0 atom stereocenters. The predicted molar refractivity (Wildman–Crippen MR) is 106 cm³/mol. The van der Waals surface area contributed by atoms with Crippen molar-refractivity contribution in [3.63, 3.8) is 0 Å². The number of fused-ring (bicyclic) bond motifs is 1. The molecular formula is C19H12IN3O2. The van der Waals surface area contributed by atoms with Crippen molar-refractivity contribution in [1.82, 2.24) is 9.66 Å². The molecule has 4 rings (SSSR count). The summed E-state index contributed by atoms with van der Waals surface area (Å²) in [6, 6.07) is 18.6. The van der Waals surface area contributed by atoms with E-state index in [-0.39, 0.29) is 5.56 Å². The molecule has 0 spiro atoms. The van der Waals surface area contributed by atoms with E-state index in [1.807, 2.05) is 36.4 Å². The van der Waals surface area contributed by atoms with Crippen LogP contribution in [0.3, 0.4) is 0 Å². The predicted octanol–water partition coefficient (Wildman–Crippen LogP) is 4.14. The van der Waals surface area contributed by atoms with Crippen LogP contribution in [0.25, 0.3) is 22.5 Å². The summed E-state index contributed by atoms with van der Waals surface area (Å²) in [4.78, 5) is 17.5. The highest BCUT2D eigenvalue weighted by molar-refractivity contribution is 14.1. The fraction of sp³-hybridized carbons (Fsp3) is 0. The van der Waals surface area contributed by atoms with Crippen molar-refractivity contribution in [2.45, 2.75) is 0 Å². The molecule has 0 unspecified atom stereocenters. The second-order valence-electron chi connectivity index (χ2n) is 5.35. The van der Waals surface area contributed by atoms with Crippen molar-refractivity contribution in [2.75, 3.05) is 0 Å². The van der Waals surface area contributed by atoms with Crippen molar-refractivity contribution in [2.24, 2.45) is 5.10 Å². The van der Waals surface area contributed by atoms with E-state index in [1.54, 1.807) is 36.7 Å². The highest BCUT2D eigenvalue weighted by atomic mass is 127. The van der Waals surface area contributed by atoms with Gasteiger partial charge in [-0.15, -0.1) is 0 Å². The highest BCUT2D eigenvalue weighted by Crippen LogP contribution is 2.19. The first kappa shape index (κ1) is 15.8. The zero-order valence-corrected chi connectivity index (χ0v) is 15.1. The molecular weight excluding hydrogens is 429 g/mol. The summed E-state index contributed by atoms with van der Waals surface area (Å²) in [5.74, 6) is 0.859. The quantitative estimate of drug-likeness (QED) is 0.355. The van der Waals surface area contributed by atoms with E-state index in [0.717, 1.165) is 9.13 Å². The summed E-state index contributed by atoms with van der Waals surface area (Å²) in [6.07, 6.45) is 3.19. The molecule has 4 aromatic rings. The summed E-state index contributed by atoms with van der Waals surface area (Å²) in [5, 5.41) is 4.89. The van der Waals surface area contributed by atoms with Crippen LogP contribution >= 0.6 is 22.6 Å². The van der Waals surface area contributed by atoms with Crippen molar-refractivity contribution in [3.8, 4) is 11.6 Å². The molecule has 0 bridgehead atoms. The van der Waals surface area contributed by atoms with Gasteiger partial charge in [0.25, 0.3) is 5.56 Å². The van der Waals surface area contributed by atoms with Gasteiger partial charge >= 0.3 is 0 Å². The molecule has 0 aliphatic carbocycles. The molecule has 5 nitrogen and oxygen atoms in total. The lowest BCUT2D eigenvalue weighted by atomic mass is 10.2. The SMILES string of the molecule is O=c1c2ccccc2nc(-c2ccco2)n1/N=C\c1cccc(I)c1. The van der Waals surface area contributed by atoms with Crippen LogP contribution in [-0.4, -0.2) is 15.9 Å². The van der Waals surface area contributed by atoms with E-state index in [0.29, 0.717) is 22.5 Å². The van der Waals surface area contributed by atoms with Gasteiger partial charge in [0.2, 0.25) is 5.82 Å². The average molecular weight is 441 g/mol. The number of hydrogen-bond acceptors (Lipinski definition) is 4. The van der Waals surface area contributed by atoms with E-state index in [1.165, 1.54) is 4.68 Å². The van der Waals surface area contributed by atoms with Crippen molar-refractivity contribution in [3.05, 3.63) is 86.4 Å². The van der Waals surface area contributed by atoms with Crippen molar-refractivity contribution < 1.29 is 4.42 Å². The first-order chi connectivity index (χ1) is 12.2. The van der Waals surface area contributed by atoms with Crippen LogP contribution in [0.15, 0.2) is 81.2 Å². The van der Waals surface area contributed by atoms with E-state index in [9.17, 15) is 4.79 Å². The van der Waals surface area contributed by atoms with Gasteiger partial charge in [0.05, 0.1) is 23.4 Å². The number of nitrogens with zero attached hydrogens (tertiary/aromatic N) is 3. The monoisotopic (exact) mass is 441 g/mol. The number of rotatable bonds is 3. The molecule has 122 valence electrons. The van der Waals surface area contributed by atoms with Crippen LogP contribution in [0.1, 0.15) is 5.56 Å². The maximum Gasteiger partial charge on any atom is 0.282 e. The molecule has 2 aromatic carbocycles. The first-order valence-corrected chi connectivity index (χ1v) is 8.66. The van der Waals surface area contributed by atoms with Gasteiger partial charge in [-0.2, -0.15) is 9.78 Å². The third-order valence-electron chi connectivity index (χ3n) is 3.67. The Labute approximate surface area is 156 Å². The Bertz CT molecular complexity index is 1130. The van der Waals surface area contributed by atoms with E-state index < -0.39 is 0 Å². The highest BCUT2D eigenvalue weighted by Gasteiger charge is 2.14. The Balaban J connectivity index is 1.93. The summed E-state index contributed by atoms with van der Waals surface area (Å²) in [6.45, 7) is 0. The molecule has 0 amide bonds. The normalized spacial score (nSPS) is 11.4. The molecule has 0 radical (unpaired) electrons. The van der Waals surface area contributed by atoms with E-state index >= 15 is 0 Å². The van der Waals surface area contributed by atoms with Crippen LogP contribution in [-0.2, 0) is 0 Å². The lowest BCUT2D eigenvalue weighted by Gasteiger charge is -2.07. The number of halogens is 1.